The number of fused-ring (bicyclic) bond motifs is 3. The molecule has 82 valence electrons. The van der Waals surface area contributed by atoms with Crippen molar-refractivity contribution in [1.29, 1.82) is 0 Å². The standard InChI is InChI=1S/C13H14N2O/c1-8-5-6-11-12(8)10-4-2-3-9(7-14-16)13(10)15-11/h2-4,7-8,15-16H,5-6H2,1H3. The van der Waals surface area contributed by atoms with E-state index in [1.54, 1.807) is 0 Å². The van der Waals surface area contributed by atoms with Crippen LogP contribution in [0.15, 0.2) is 23.4 Å². The van der Waals surface area contributed by atoms with Crippen LogP contribution in [-0.4, -0.2) is 16.4 Å². The number of hydrogen-bond donors (Lipinski definition) is 2. The van der Waals surface area contributed by atoms with Gasteiger partial charge in [-0.2, -0.15) is 0 Å². The normalized spacial score (nSPS) is 19.7. The molecule has 0 saturated carbocycles. The Balaban J connectivity index is 2.32. The van der Waals surface area contributed by atoms with E-state index in [0.29, 0.717) is 5.92 Å². The topological polar surface area (TPSA) is 48.4 Å². The third-order valence-corrected chi connectivity index (χ3v) is 3.50. The minimum absolute atomic E-state index is 0.630. The number of nitrogens with one attached hydrogen (secondary N) is 1. The number of H-pyrrole nitrogens is 1. The predicted molar refractivity (Wildman–Crippen MR) is 64.4 cm³/mol. The third kappa shape index (κ3) is 1.18. The molecule has 1 atom stereocenters. The molecule has 0 aliphatic heterocycles. The molecule has 0 saturated heterocycles. The van der Waals surface area contributed by atoms with Gasteiger partial charge in [-0.1, -0.05) is 30.3 Å². The van der Waals surface area contributed by atoms with Gasteiger partial charge in [0.05, 0.1) is 11.7 Å². The van der Waals surface area contributed by atoms with Crippen LogP contribution in [0.5, 0.6) is 0 Å². The lowest BCUT2D eigenvalue weighted by molar-refractivity contribution is 0.322. The first kappa shape index (κ1) is 9.46. The number of rotatable bonds is 1. The van der Waals surface area contributed by atoms with Crippen LogP contribution < -0.4 is 0 Å². The van der Waals surface area contributed by atoms with Crippen LogP contribution in [0.1, 0.15) is 36.1 Å². The van der Waals surface area contributed by atoms with Gasteiger partial charge in [0.25, 0.3) is 0 Å². The van der Waals surface area contributed by atoms with E-state index in [-0.39, 0.29) is 0 Å². The van der Waals surface area contributed by atoms with Crippen molar-refractivity contribution in [2.45, 2.75) is 25.7 Å². The molecule has 0 bridgehead atoms. The van der Waals surface area contributed by atoms with Gasteiger partial charge in [-0.05, 0) is 24.3 Å². The number of aryl methyl sites for hydroxylation is 1. The Labute approximate surface area is 93.8 Å². The van der Waals surface area contributed by atoms with E-state index in [1.807, 2.05) is 12.1 Å². The summed E-state index contributed by atoms with van der Waals surface area (Å²) < 4.78 is 0. The van der Waals surface area contributed by atoms with Crippen molar-refractivity contribution in [3.8, 4) is 0 Å². The molecule has 0 fully saturated rings. The van der Waals surface area contributed by atoms with Crippen LogP contribution in [0.3, 0.4) is 0 Å². The third-order valence-electron chi connectivity index (χ3n) is 3.50. The molecule has 1 unspecified atom stereocenters. The van der Waals surface area contributed by atoms with Crippen molar-refractivity contribution in [2.24, 2.45) is 5.16 Å². The summed E-state index contributed by atoms with van der Waals surface area (Å²) in [5.74, 6) is 0.630. The number of para-hydroxylation sites is 1. The van der Waals surface area contributed by atoms with Gasteiger partial charge in [-0.15, -0.1) is 0 Å². The molecule has 16 heavy (non-hydrogen) atoms. The van der Waals surface area contributed by atoms with Crippen LogP contribution in [0, 0.1) is 0 Å². The van der Waals surface area contributed by atoms with Crippen LogP contribution in [-0.2, 0) is 6.42 Å². The van der Waals surface area contributed by atoms with E-state index in [1.165, 1.54) is 29.3 Å². The minimum Gasteiger partial charge on any atom is -0.411 e. The first-order chi connectivity index (χ1) is 7.81. The first-order valence-electron chi connectivity index (χ1n) is 5.62. The van der Waals surface area contributed by atoms with E-state index in [0.717, 1.165) is 17.5 Å². The average Bonchev–Trinajstić information content (AvgIpc) is 2.81. The Morgan fingerprint density at radius 1 is 1.50 bits per heavy atom. The molecule has 0 radical (unpaired) electrons. The van der Waals surface area contributed by atoms with Gasteiger partial charge in [0.2, 0.25) is 0 Å². The van der Waals surface area contributed by atoms with E-state index >= 15 is 0 Å². The lowest BCUT2D eigenvalue weighted by atomic mass is 10.0. The lowest BCUT2D eigenvalue weighted by Crippen LogP contribution is -1.87. The van der Waals surface area contributed by atoms with E-state index in [4.69, 9.17) is 5.21 Å². The summed E-state index contributed by atoms with van der Waals surface area (Å²) in [5.41, 5.74) is 4.84. The molecule has 2 aromatic rings. The number of hydrogen-bond acceptors (Lipinski definition) is 2. The molecule has 1 heterocycles. The number of aromatic nitrogens is 1. The van der Waals surface area contributed by atoms with Crippen molar-refractivity contribution >= 4 is 17.1 Å². The maximum absolute atomic E-state index is 8.63. The van der Waals surface area contributed by atoms with Gasteiger partial charge in [0, 0.05) is 16.6 Å². The molecule has 0 amide bonds. The highest BCUT2D eigenvalue weighted by molar-refractivity contribution is 6.00. The smallest absolute Gasteiger partial charge is 0.0754 e. The van der Waals surface area contributed by atoms with Crippen molar-refractivity contribution < 1.29 is 5.21 Å². The lowest BCUT2D eigenvalue weighted by Gasteiger charge is -2.02. The fraction of sp³-hybridized carbons (Fsp3) is 0.308. The summed E-state index contributed by atoms with van der Waals surface area (Å²) in [6.45, 7) is 2.27. The SMILES string of the molecule is CC1CCc2[nH]c3c(C=NO)cccc3c21. The van der Waals surface area contributed by atoms with E-state index in [9.17, 15) is 0 Å². The number of nitrogens with zero attached hydrogens (tertiary/aromatic N) is 1. The van der Waals surface area contributed by atoms with Crippen molar-refractivity contribution in [2.75, 3.05) is 0 Å². The number of oxime groups is 1. The van der Waals surface area contributed by atoms with Gasteiger partial charge in [0.1, 0.15) is 0 Å². The van der Waals surface area contributed by atoms with Crippen LogP contribution in [0.4, 0.5) is 0 Å². The summed E-state index contributed by atoms with van der Waals surface area (Å²) in [6.07, 6.45) is 3.84. The van der Waals surface area contributed by atoms with Gasteiger partial charge < -0.3 is 10.2 Å². The van der Waals surface area contributed by atoms with Gasteiger partial charge in [-0.25, -0.2) is 0 Å². The largest absolute Gasteiger partial charge is 0.411 e. The van der Waals surface area contributed by atoms with E-state index < -0.39 is 0 Å². The molecule has 1 aliphatic carbocycles. The quantitative estimate of drug-likeness (QED) is 0.428. The second-order valence-electron chi connectivity index (χ2n) is 4.47. The molecule has 1 aliphatic rings. The monoisotopic (exact) mass is 214 g/mol. The van der Waals surface area contributed by atoms with Crippen LogP contribution >= 0.6 is 0 Å². The average molecular weight is 214 g/mol. The second kappa shape index (κ2) is 3.37. The Kier molecular flexibility index (Phi) is 1.99. The van der Waals surface area contributed by atoms with E-state index in [2.05, 4.69) is 23.1 Å². The van der Waals surface area contributed by atoms with Gasteiger partial charge in [0.15, 0.2) is 0 Å². The van der Waals surface area contributed by atoms with Crippen molar-refractivity contribution in [3.63, 3.8) is 0 Å². The Morgan fingerprint density at radius 3 is 3.19 bits per heavy atom. The van der Waals surface area contributed by atoms with Crippen LogP contribution in [0.2, 0.25) is 0 Å². The summed E-state index contributed by atoms with van der Waals surface area (Å²) in [4.78, 5) is 3.46. The highest BCUT2D eigenvalue weighted by Crippen LogP contribution is 2.38. The molecule has 1 aromatic heterocycles. The fourth-order valence-electron chi connectivity index (χ4n) is 2.75. The molecule has 0 spiro atoms. The zero-order chi connectivity index (χ0) is 11.1. The maximum atomic E-state index is 8.63. The summed E-state index contributed by atoms with van der Waals surface area (Å²) >= 11 is 0. The first-order valence-corrected chi connectivity index (χ1v) is 5.62. The number of benzene rings is 1. The molecular formula is C13H14N2O. The molecule has 1 aromatic carbocycles. The summed E-state index contributed by atoms with van der Waals surface area (Å²) in [5, 5.41) is 13.0. The maximum Gasteiger partial charge on any atom is 0.0754 e. The van der Waals surface area contributed by atoms with Gasteiger partial charge >= 0.3 is 0 Å². The molecule has 3 heteroatoms. The fourth-order valence-corrected chi connectivity index (χ4v) is 2.75. The molecular weight excluding hydrogens is 200 g/mol. The van der Waals surface area contributed by atoms with Crippen molar-refractivity contribution in [3.05, 3.63) is 35.0 Å². The highest BCUT2D eigenvalue weighted by Gasteiger charge is 2.23. The minimum atomic E-state index is 0.630. The van der Waals surface area contributed by atoms with Crippen molar-refractivity contribution in [1.82, 2.24) is 4.98 Å². The van der Waals surface area contributed by atoms with Crippen LogP contribution in [0.25, 0.3) is 10.9 Å². The zero-order valence-corrected chi connectivity index (χ0v) is 9.20. The molecule has 2 N–H and O–H groups in total. The summed E-state index contributed by atoms with van der Waals surface area (Å²) in [6, 6.07) is 6.11. The second-order valence-corrected chi connectivity index (χ2v) is 4.47. The molecule has 3 nitrogen and oxygen atoms in total. The Bertz CT molecular complexity index is 569. The highest BCUT2D eigenvalue weighted by atomic mass is 16.4. The zero-order valence-electron chi connectivity index (χ0n) is 9.20. The predicted octanol–water partition coefficient (Wildman–Crippen LogP) is 3.03. The number of aromatic amines is 1. The molecule has 3 rings (SSSR count). The Morgan fingerprint density at radius 2 is 2.38 bits per heavy atom. The van der Waals surface area contributed by atoms with Gasteiger partial charge in [-0.3, -0.25) is 0 Å². The summed E-state index contributed by atoms with van der Waals surface area (Å²) in [7, 11) is 0. The Hall–Kier alpha value is -1.77.